The number of halogens is 2. The molecule has 1 saturated heterocycles. The number of benzene rings is 1. The normalized spacial score (nSPS) is 20.5. The third kappa shape index (κ3) is 4.14. The fourth-order valence-electron chi connectivity index (χ4n) is 2.38. The molecule has 1 aliphatic heterocycles. The van der Waals surface area contributed by atoms with E-state index in [0.29, 0.717) is 19.1 Å². The lowest BCUT2D eigenvalue weighted by molar-refractivity contribution is 0.107. The first-order valence-electron chi connectivity index (χ1n) is 6.60. The zero-order chi connectivity index (χ0) is 13.7. The van der Waals surface area contributed by atoms with Crippen LogP contribution in [0.3, 0.4) is 0 Å². The monoisotopic (exact) mass is 271 g/mol. The molecule has 1 aromatic rings. The lowest BCUT2D eigenvalue weighted by atomic mass is 9.99. The SMILES string of the molecule is OCC1CCCN(CCOc2ccc(F)cc2F)C1. The molecule has 1 heterocycles. The molecule has 1 atom stereocenters. The standard InChI is InChI=1S/C14H19F2NO2/c15-12-3-4-14(13(16)8-12)19-7-6-17-5-1-2-11(9-17)10-18/h3-4,8,11,18H,1-2,5-7,9-10H2. The van der Waals surface area contributed by atoms with Crippen LogP contribution in [-0.4, -0.2) is 42.9 Å². The molecule has 0 saturated carbocycles. The fraction of sp³-hybridized carbons (Fsp3) is 0.571. The highest BCUT2D eigenvalue weighted by Crippen LogP contribution is 2.18. The minimum Gasteiger partial charge on any atom is -0.489 e. The van der Waals surface area contributed by atoms with Crippen molar-refractivity contribution < 1.29 is 18.6 Å². The Balaban J connectivity index is 1.76. The number of hydrogen-bond donors (Lipinski definition) is 1. The molecule has 0 bridgehead atoms. The molecule has 106 valence electrons. The second-order valence-electron chi connectivity index (χ2n) is 4.91. The molecule has 0 radical (unpaired) electrons. The zero-order valence-corrected chi connectivity index (χ0v) is 10.8. The van der Waals surface area contributed by atoms with Crippen LogP contribution in [0.15, 0.2) is 18.2 Å². The van der Waals surface area contributed by atoms with E-state index in [1.165, 1.54) is 12.1 Å². The molecule has 0 spiro atoms. The lowest BCUT2D eigenvalue weighted by Crippen LogP contribution is -2.39. The number of ether oxygens (including phenoxy) is 1. The summed E-state index contributed by atoms with van der Waals surface area (Å²) in [5.41, 5.74) is 0. The molecule has 1 aliphatic rings. The number of hydrogen-bond acceptors (Lipinski definition) is 3. The maximum absolute atomic E-state index is 13.3. The summed E-state index contributed by atoms with van der Waals surface area (Å²) >= 11 is 0. The molecular formula is C14H19F2NO2. The quantitative estimate of drug-likeness (QED) is 0.889. The number of piperidine rings is 1. The molecule has 19 heavy (non-hydrogen) atoms. The number of rotatable bonds is 5. The van der Waals surface area contributed by atoms with Gasteiger partial charge >= 0.3 is 0 Å². The summed E-state index contributed by atoms with van der Waals surface area (Å²) in [7, 11) is 0. The van der Waals surface area contributed by atoms with Gasteiger partial charge in [-0.15, -0.1) is 0 Å². The third-order valence-electron chi connectivity index (χ3n) is 3.42. The number of aliphatic hydroxyl groups excluding tert-OH is 1. The summed E-state index contributed by atoms with van der Waals surface area (Å²) in [6.07, 6.45) is 2.12. The van der Waals surface area contributed by atoms with Gasteiger partial charge in [0.15, 0.2) is 11.6 Å². The van der Waals surface area contributed by atoms with Crippen molar-refractivity contribution in [3.8, 4) is 5.75 Å². The van der Waals surface area contributed by atoms with Crippen molar-refractivity contribution in [2.24, 2.45) is 5.92 Å². The van der Waals surface area contributed by atoms with Crippen LogP contribution in [0.4, 0.5) is 8.78 Å². The van der Waals surface area contributed by atoms with Gasteiger partial charge in [-0.1, -0.05) is 0 Å². The van der Waals surface area contributed by atoms with E-state index < -0.39 is 11.6 Å². The Kier molecular flexibility index (Phi) is 5.10. The molecule has 0 aliphatic carbocycles. The summed E-state index contributed by atoms with van der Waals surface area (Å²) in [6.45, 7) is 3.09. The average Bonchev–Trinajstić information content (AvgIpc) is 2.41. The average molecular weight is 271 g/mol. The van der Waals surface area contributed by atoms with Crippen molar-refractivity contribution in [2.45, 2.75) is 12.8 Å². The van der Waals surface area contributed by atoms with Gasteiger partial charge in [-0.25, -0.2) is 8.78 Å². The van der Waals surface area contributed by atoms with Gasteiger partial charge < -0.3 is 9.84 Å². The molecule has 1 unspecified atom stereocenters. The molecule has 2 rings (SSSR count). The highest BCUT2D eigenvalue weighted by Gasteiger charge is 2.18. The molecule has 0 amide bonds. The van der Waals surface area contributed by atoms with Gasteiger partial charge in [-0.2, -0.15) is 0 Å². The van der Waals surface area contributed by atoms with Crippen LogP contribution >= 0.6 is 0 Å². The highest BCUT2D eigenvalue weighted by molar-refractivity contribution is 5.24. The lowest BCUT2D eigenvalue weighted by Gasteiger charge is -2.31. The van der Waals surface area contributed by atoms with Crippen LogP contribution in [0.1, 0.15) is 12.8 Å². The van der Waals surface area contributed by atoms with Crippen molar-refractivity contribution >= 4 is 0 Å². The topological polar surface area (TPSA) is 32.7 Å². The molecule has 3 nitrogen and oxygen atoms in total. The van der Waals surface area contributed by atoms with Gasteiger partial charge in [-0.3, -0.25) is 4.90 Å². The van der Waals surface area contributed by atoms with Gasteiger partial charge in [-0.05, 0) is 37.4 Å². The summed E-state index contributed by atoms with van der Waals surface area (Å²) < 4.78 is 31.4. The summed E-state index contributed by atoms with van der Waals surface area (Å²) in [5, 5.41) is 9.13. The van der Waals surface area contributed by atoms with Crippen LogP contribution in [0.25, 0.3) is 0 Å². The summed E-state index contributed by atoms with van der Waals surface area (Å²) in [6, 6.07) is 3.30. The van der Waals surface area contributed by atoms with Crippen LogP contribution in [0, 0.1) is 17.6 Å². The first kappa shape index (κ1) is 14.2. The van der Waals surface area contributed by atoms with Gasteiger partial charge in [0.1, 0.15) is 12.4 Å². The predicted octanol–water partition coefficient (Wildman–Crippen LogP) is 2.05. The largest absolute Gasteiger partial charge is 0.489 e. The molecule has 0 aromatic heterocycles. The first-order valence-corrected chi connectivity index (χ1v) is 6.60. The van der Waals surface area contributed by atoms with E-state index in [2.05, 4.69) is 4.90 Å². The minimum atomic E-state index is -0.674. The second kappa shape index (κ2) is 6.82. The van der Waals surface area contributed by atoms with Crippen LogP contribution in [0.5, 0.6) is 5.75 Å². The Hall–Kier alpha value is -1.20. The molecule has 1 N–H and O–H groups in total. The summed E-state index contributed by atoms with van der Waals surface area (Å²) in [5.74, 6) is -0.869. The van der Waals surface area contributed by atoms with Gasteiger partial charge in [0, 0.05) is 25.8 Å². The minimum absolute atomic E-state index is 0.0807. The van der Waals surface area contributed by atoms with E-state index in [0.717, 1.165) is 32.0 Å². The van der Waals surface area contributed by atoms with Crippen molar-refractivity contribution in [1.82, 2.24) is 4.90 Å². The Morgan fingerprint density at radius 2 is 2.21 bits per heavy atom. The molecule has 5 heteroatoms. The van der Waals surface area contributed by atoms with Crippen LogP contribution < -0.4 is 4.74 Å². The van der Waals surface area contributed by atoms with Crippen LogP contribution in [-0.2, 0) is 0 Å². The highest BCUT2D eigenvalue weighted by atomic mass is 19.1. The van der Waals surface area contributed by atoms with Crippen LogP contribution in [0.2, 0.25) is 0 Å². The summed E-state index contributed by atoms with van der Waals surface area (Å²) in [4.78, 5) is 2.20. The Bertz CT molecular complexity index is 414. The second-order valence-corrected chi connectivity index (χ2v) is 4.91. The van der Waals surface area contributed by atoms with E-state index in [9.17, 15) is 8.78 Å². The van der Waals surface area contributed by atoms with E-state index in [4.69, 9.17) is 9.84 Å². The molecular weight excluding hydrogens is 252 g/mol. The number of likely N-dealkylation sites (tertiary alicyclic amines) is 1. The molecule has 1 fully saturated rings. The predicted molar refractivity (Wildman–Crippen MR) is 68.1 cm³/mol. The van der Waals surface area contributed by atoms with Gasteiger partial charge in [0.2, 0.25) is 0 Å². The third-order valence-corrected chi connectivity index (χ3v) is 3.42. The number of nitrogens with zero attached hydrogens (tertiary/aromatic N) is 1. The van der Waals surface area contributed by atoms with Crippen molar-refractivity contribution in [1.29, 1.82) is 0 Å². The fourth-order valence-corrected chi connectivity index (χ4v) is 2.38. The van der Waals surface area contributed by atoms with E-state index >= 15 is 0 Å². The van der Waals surface area contributed by atoms with Crippen molar-refractivity contribution in [2.75, 3.05) is 32.8 Å². The van der Waals surface area contributed by atoms with E-state index in [-0.39, 0.29) is 12.4 Å². The smallest absolute Gasteiger partial charge is 0.167 e. The van der Waals surface area contributed by atoms with Gasteiger partial charge in [0.25, 0.3) is 0 Å². The maximum atomic E-state index is 13.3. The van der Waals surface area contributed by atoms with Crippen molar-refractivity contribution in [3.05, 3.63) is 29.8 Å². The first-order chi connectivity index (χ1) is 9.19. The Morgan fingerprint density at radius 3 is 2.95 bits per heavy atom. The Morgan fingerprint density at radius 1 is 1.37 bits per heavy atom. The van der Waals surface area contributed by atoms with Gasteiger partial charge in [0.05, 0.1) is 0 Å². The van der Waals surface area contributed by atoms with E-state index in [1.807, 2.05) is 0 Å². The maximum Gasteiger partial charge on any atom is 0.167 e. The Labute approximate surface area is 111 Å². The molecule has 1 aromatic carbocycles. The number of aliphatic hydroxyl groups is 1. The zero-order valence-electron chi connectivity index (χ0n) is 10.8. The van der Waals surface area contributed by atoms with E-state index in [1.54, 1.807) is 0 Å². The van der Waals surface area contributed by atoms with Crippen molar-refractivity contribution in [3.63, 3.8) is 0 Å².